The second kappa shape index (κ2) is 7.74. The second-order valence-corrected chi connectivity index (χ2v) is 6.79. The molecule has 1 aromatic carbocycles. The topological polar surface area (TPSA) is 45.7 Å². The third-order valence-electron chi connectivity index (χ3n) is 4.32. The lowest BCUT2D eigenvalue weighted by molar-refractivity contribution is 0.0538. The summed E-state index contributed by atoms with van der Waals surface area (Å²) in [4.78, 5) is 20.6. The number of hydrogen-bond donors (Lipinski definition) is 0. The van der Waals surface area contributed by atoms with Crippen LogP contribution in [0.25, 0.3) is 0 Å². The molecule has 2 aromatic rings. The molecule has 1 aromatic heterocycles. The standard InChI is InChI=1S/C19H22ClN3O2/c1-22(2)15-7-5-14(6-8-15)19(24)23-11-3-4-16(13-23)25-18-9-10-21-12-17(18)20/h5-10,12,16H,3-4,11,13H2,1-2H3. The first-order valence-corrected chi connectivity index (χ1v) is 8.75. The number of amides is 1. The molecule has 6 heteroatoms. The quantitative estimate of drug-likeness (QED) is 0.838. The zero-order chi connectivity index (χ0) is 17.8. The predicted octanol–water partition coefficient (Wildman–Crippen LogP) is 3.48. The van der Waals surface area contributed by atoms with Crippen LogP contribution >= 0.6 is 11.6 Å². The number of piperidine rings is 1. The molecule has 1 saturated heterocycles. The van der Waals surface area contributed by atoms with E-state index in [0.29, 0.717) is 22.9 Å². The van der Waals surface area contributed by atoms with E-state index >= 15 is 0 Å². The highest BCUT2D eigenvalue weighted by molar-refractivity contribution is 6.31. The van der Waals surface area contributed by atoms with E-state index in [9.17, 15) is 4.79 Å². The molecule has 0 spiro atoms. The Morgan fingerprint density at radius 2 is 2.04 bits per heavy atom. The van der Waals surface area contributed by atoms with Gasteiger partial charge in [-0.3, -0.25) is 9.78 Å². The number of rotatable bonds is 4. The summed E-state index contributed by atoms with van der Waals surface area (Å²) in [6, 6.07) is 9.43. The maximum Gasteiger partial charge on any atom is 0.253 e. The van der Waals surface area contributed by atoms with Gasteiger partial charge in [-0.25, -0.2) is 0 Å². The van der Waals surface area contributed by atoms with Crippen LogP contribution in [0.4, 0.5) is 5.69 Å². The first-order chi connectivity index (χ1) is 12.0. The van der Waals surface area contributed by atoms with Crippen LogP contribution in [-0.4, -0.2) is 49.1 Å². The lowest BCUT2D eigenvalue weighted by Gasteiger charge is -2.33. The molecule has 1 aliphatic rings. The number of carbonyl (C=O) groups is 1. The van der Waals surface area contributed by atoms with Crippen molar-refractivity contribution in [2.45, 2.75) is 18.9 Å². The summed E-state index contributed by atoms with van der Waals surface area (Å²) >= 11 is 6.11. The van der Waals surface area contributed by atoms with Crippen molar-refractivity contribution in [1.29, 1.82) is 0 Å². The molecule has 1 unspecified atom stereocenters. The van der Waals surface area contributed by atoms with Crippen LogP contribution in [0.1, 0.15) is 23.2 Å². The van der Waals surface area contributed by atoms with E-state index in [1.54, 1.807) is 18.5 Å². The summed E-state index contributed by atoms with van der Waals surface area (Å²) in [5.74, 6) is 0.658. The summed E-state index contributed by atoms with van der Waals surface area (Å²) in [6.45, 7) is 1.31. The van der Waals surface area contributed by atoms with E-state index in [1.807, 2.05) is 48.2 Å². The fraction of sp³-hybridized carbons (Fsp3) is 0.368. The molecule has 1 atom stereocenters. The van der Waals surface area contributed by atoms with Gasteiger partial charge in [0, 0.05) is 50.4 Å². The van der Waals surface area contributed by atoms with Gasteiger partial charge < -0.3 is 14.5 Å². The first-order valence-electron chi connectivity index (χ1n) is 8.37. The maximum atomic E-state index is 12.8. The lowest BCUT2D eigenvalue weighted by Crippen LogP contribution is -2.44. The molecular formula is C19H22ClN3O2. The van der Waals surface area contributed by atoms with Crippen molar-refractivity contribution in [3.63, 3.8) is 0 Å². The Morgan fingerprint density at radius 3 is 2.72 bits per heavy atom. The molecule has 5 nitrogen and oxygen atoms in total. The number of likely N-dealkylation sites (tertiary alicyclic amines) is 1. The van der Waals surface area contributed by atoms with Gasteiger partial charge in [0.1, 0.15) is 16.9 Å². The minimum absolute atomic E-state index is 0.0411. The van der Waals surface area contributed by atoms with Gasteiger partial charge in [-0.15, -0.1) is 0 Å². The van der Waals surface area contributed by atoms with Gasteiger partial charge in [-0.1, -0.05) is 11.6 Å². The van der Waals surface area contributed by atoms with Crippen molar-refractivity contribution in [3.8, 4) is 5.75 Å². The molecule has 1 fully saturated rings. The summed E-state index contributed by atoms with van der Waals surface area (Å²) in [5.41, 5.74) is 1.77. The highest BCUT2D eigenvalue weighted by Gasteiger charge is 2.26. The van der Waals surface area contributed by atoms with Crippen molar-refractivity contribution in [2.75, 3.05) is 32.1 Å². The van der Waals surface area contributed by atoms with Gasteiger partial charge in [0.2, 0.25) is 0 Å². The molecule has 0 aliphatic carbocycles. The smallest absolute Gasteiger partial charge is 0.253 e. The van der Waals surface area contributed by atoms with Gasteiger partial charge in [-0.2, -0.15) is 0 Å². The lowest BCUT2D eigenvalue weighted by atomic mass is 10.1. The Bertz CT molecular complexity index is 734. The average molecular weight is 360 g/mol. The number of nitrogens with zero attached hydrogens (tertiary/aromatic N) is 3. The van der Waals surface area contributed by atoms with Gasteiger partial charge in [0.25, 0.3) is 5.91 Å². The number of benzene rings is 1. The predicted molar refractivity (Wildman–Crippen MR) is 99.6 cm³/mol. The molecule has 2 heterocycles. The fourth-order valence-corrected chi connectivity index (χ4v) is 3.11. The van der Waals surface area contributed by atoms with Gasteiger partial charge in [0.05, 0.1) is 6.54 Å². The molecule has 1 aliphatic heterocycles. The molecule has 1 amide bonds. The van der Waals surface area contributed by atoms with Crippen LogP contribution in [0.5, 0.6) is 5.75 Å². The Labute approximate surface area is 153 Å². The van der Waals surface area contributed by atoms with Gasteiger partial charge >= 0.3 is 0 Å². The molecule has 0 N–H and O–H groups in total. The summed E-state index contributed by atoms with van der Waals surface area (Å²) in [7, 11) is 3.96. The van der Waals surface area contributed by atoms with E-state index in [-0.39, 0.29) is 12.0 Å². The number of anilines is 1. The van der Waals surface area contributed by atoms with Crippen molar-refractivity contribution in [2.24, 2.45) is 0 Å². The number of carbonyl (C=O) groups excluding carboxylic acids is 1. The largest absolute Gasteiger partial charge is 0.487 e. The van der Waals surface area contributed by atoms with E-state index in [1.165, 1.54) is 0 Å². The van der Waals surface area contributed by atoms with Crippen molar-refractivity contribution >= 4 is 23.2 Å². The maximum absolute atomic E-state index is 12.8. The zero-order valence-electron chi connectivity index (χ0n) is 14.5. The zero-order valence-corrected chi connectivity index (χ0v) is 15.2. The van der Waals surface area contributed by atoms with Crippen molar-refractivity contribution in [3.05, 3.63) is 53.3 Å². The highest BCUT2D eigenvalue weighted by Crippen LogP contribution is 2.26. The van der Waals surface area contributed by atoms with E-state index in [2.05, 4.69) is 4.98 Å². The number of aromatic nitrogens is 1. The normalized spacial score (nSPS) is 17.2. The minimum Gasteiger partial charge on any atom is -0.487 e. The summed E-state index contributed by atoms with van der Waals surface area (Å²) < 4.78 is 5.98. The van der Waals surface area contributed by atoms with Crippen LogP contribution in [-0.2, 0) is 0 Å². The van der Waals surface area contributed by atoms with E-state index in [0.717, 1.165) is 25.1 Å². The third-order valence-corrected chi connectivity index (χ3v) is 4.61. The van der Waals surface area contributed by atoms with E-state index in [4.69, 9.17) is 16.3 Å². The molecule has 0 saturated carbocycles. The van der Waals surface area contributed by atoms with Crippen molar-refractivity contribution in [1.82, 2.24) is 9.88 Å². The third kappa shape index (κ3) is 4.23. The van der Waals surface area contributed by atoms with Gasteiger partial charge in [0.15, 0.2) is 0 Å². The summed E-state index contributed by atoms with van der Waals surface area (Å²) in [6.07, 6.45) is 4.98. The van der Waals surface area contributed by atoms with Crippen LogP contribution in [0.15, 0.2) is 42.7 Å². The molecule has 132 valence electrons. The van der Waals surface area contributed by atoms with Crippen LogP contribution in [0.2, 0.25) is 5.02 Å². The molecule has 3 rings (SSSR count). The van der Waals surface area contributed by atoms with Crippen molar-refractivity contribution < 1.29 is 9.53 Å². The monoisotopic (exact) mass is 359 g/mol. The Balaban J connectivity index is 1.66. The number of hydrogen-bond acceptors (Lipinski definition) is 4. The SMILES string of the molecule is CN(C)c1ccc(C(=O)N2CCCC(Oc3ccncc3Cl)C2)cc1. The minimum atomic E-state index is -0.0568. The number of pyridine rings is 1. The van der Waals surface area contributed by atoms with Crippen LogP contribution in [0.3, 0.4) is 0 Å². The Hall–Kier alpha value is -2.27. The number of ether oxygens (including phenoxy) is 1. The van der Waals surface area contributed by atoms with Crippen LogP contribution in [0, 0.1) is 0 Å². The molecule has 25 heavy (non-hydrogen) atoms. The molecule has 0 bridgehead atoms. The van der Waals surface area contributed by atoms with E-state index < -0.39 is 0 Å². The van der Waals surface area contributed by atoms with Crippen LogP contribution < -0.4 is 9.64 Å². The first kappa shape index (κ1) is 17.5. The molecule has 0 radical (unpaired) electrons. The molecular weight excluding hydrogens is 338 g/mol. The Morgan fingerprint density at radius 1 is 1.28 bits per heavy atom. The van der Waals surface area contributed by atoms with Gasteiger partial charge in [-0.05, 0) is 37.1 Å². The number of halogens is 1. The average Bonchev–Trinajstić information content (AvgIpc) is 2.63. The Kier molecular flexibility index (Phi) is 5.43. The fourth-order valence-electron chi connectivity index (χ4n) is 2.94. The summed E-state index contributed by atoms with van der Waals surface area (Å²) in [5, 5.41) is 0.491. The highest BCUT2D eigenvalue weighted by atomic mass is 35.5. The second-order valence-electron chi connectivity index (χ2n) is 6.38.